The summed E-state index contributed by atoms with van der Waals surface area (Å²) >= 11 is 3.94. The van der Waals surface area contributed by atoms with Gasteiger partial charge in [0, 0.05) is 28.4 Å². The molecule has 0 saturated carbocycles. The lowest BCUT2D eigenvalue weighted by atomic mass is 10.0. The molecule has 0 spiro atoms. The van der Waals surface area contributed by atoms with E-state index >= 15 is 0 Å². The van der Waals surface area contributed by atoms with E-state index in [-0.39, 0.29) is 6.10 Å². The minimum atomic E-state index is -0.188. The van der Waals surface area contributed by atoms with E-state index < -0.39 is 0 Å². The summed E-state index contributed by atoms with van der Waals surface area (Å²) in [6.07, 6.45) is 2.66. The molecule has 2 nitrogen and oxygen atoms in total. The van der Waals surface area contributed by atoms with Gasteiger partial charge in [0.15, 0.2) is 0 Å². The Morgan fingerprint density at radius 2 is 2.20 bits per heavy atom. The number of aliphatic hydroxyl groups is 1. The molecular formula is C16H22O2S2. The van der Waals surface area contributed by atoms with E-state index in [0.29, 0.717) is 10.5 Å². The molecule has 1 N–H and O–H groups in total. The van der Waals surface area contributed by atoms with Gasteiger partial charge in [0.05, 0.1) is 12.7 Å². The van der Waals surface area contributed by atoms with E-state index in [0.717, 1.165) is 31.6 Å². The van der Waals surface area contributed by atoms with Crippen LogP contribution in [0.2, 0.25) is 0 Å². The number of ether oxygens (including phenoxy) is 1. The molecule has 3 atom stereocenters. The first kappa shape index (κ1) is 14.6. The number of thioether (sulfide) groups is 2. The first-order valence-corrected chi connectivity index (χ1v) is 9.49. The molecule has 1 aromatic carbocycles. The maximum absolute atomic E-state index is 10.4. The van der Waals surface area contributed by atoms with Crippen LogP contribution >= 0.6 is 23.5 Å². The van der Waals surface area contributed by atoms with Crippen molar-refractivity contribution in [3.05, 3.63) is 29.3 Å². The van der Waals surface area contributed by atoms with Crippen LogP contribution in [0.25, 0.3) is 0 Å². The number of aliphatic hydroxyl groups excluding tert-OH is 1. The Hall–Kier alpha value is -0.320. The van der Waals surface area contributed by atoms with E-state index in [1.807, 2.05) is 23.5 Å². The highest BCUT2D eigenvalue weighted by molar-refractivity contribution is 8.07. The number of fused-ring (bicyclic) bond motifs is 1. The van der Waals surface area contributed by atoms with Gasteiger partial charge in [-0.25, -0.2) is 0 Å². The van der Waals surface area contributed by atoms with Crippen molar-refractivity contribution in [2.45, 2.75) is 42.8 Å². The second-order valence-electron chi connectivity index (χ2n) is 5.56. The van der Waals surface area contributed by atoms with Gasteiger partial charge in [-0.15, -0.1) is 0 Å². The summed E-state index contributed by atoms with van der Waals surface area (Å²) in [6, 6.07) is 6.47. The second kappa shape index (κ2) is 6.63. The quantitative estimate of drug-likeness (QED) is 0.925. The van der Waals surface area contributed by atoms with Crippen molar-refractivity contribution in [1.82, 2.24) is 0 Å². The third-order valence-electron chi connectivity index (χ3n) is 4.10. The molecule has 4 heteroatoms. The molecule has 0 radical (unpaired) electrons. The molecular weight excluding hydrogens is 288 g/mol. The van der Waals surface area contributed by atoms with Crippen LogP contribution in [0.3, 0.4) is 0 Å². The maximum atomic E-state index is 10.4. The fraction of sp³-hybridized carbons (Fsp3) is 0.625. The number of benzene rings is 1. The second-order valence-corrected chi connectivity index (χ2v) is 8.33. The Bertz CT molecular complexity index is 464. The third kappa shape index (κ3) is 3.29. The zero-order valence-electron chi connectivity index (χ0n) is 11.9. The van der Waals surface area contributed by atoms with Gasteiger partial charge in [-0.3, -0.25) is 0 Å². The highest BCUT2D eigenvalue weighted by atomic mass is 32.2. The molecule has 2 aliphatic heterocycles. The van der Waals surface area contributed by atoms with Gasteiger partial charge < -0.3 is 9.84 Å². The number of rotatable bonds is 4. The maximum Gasteiger partial charge on any atom is 0.122 e. The van der Waals surface area contributed by atoms with Crippen molar-refractivity contribution in [3.63, 3.8) is 0 Å². The topological polar surface area (TPSA) is 29.5 Å². The first-order chi connectivity index (χ1) is 9.74. The molecule has 20 heavy (non-hydrogen) atoms. The van der Waals surface area contributed by atoms with Crippen LogP contribution in [0, 0.1) is 0 Å². The number of aryl methyl sites for hydroxylation is 1. The Kier molecular flexibility index (Phi) is 4.84. The van der Waals surface area contributed by atoms with E-state index in [2.05, 4.69) is 25.1 Å². The molecule has 0 aromatic heterocycles. The minimum Gasteiger partial charge on any atom is -0.493 e. The van der Waals surface area contributed by atoms with E-state index in [4.69, 9.17) is 4.74 Å². The standard InChI is InChI=1S/C16H22O2S2/c1-11-16(20-9-8-19-11)14(17)4-2-12-3-5-15-13(10-12)6-7-18-15/h3,5,10-11,14,16-17H,2,4,6-9H2,1H3. The van der Waals surface area contributed by atoms with Crippen LogP contribution < -0.4 is 4.74 Å². The van der Waals surface area contributed by atoms with Crippen molar-refractivity contribution in [3.8, 4) is 5.75 Å². The fourth-order valence-electron chi connectivity index (χ4n) is 2.95. The van der Waals surface area contributed by atoms with Gasteiger partial charge in [-0.2, -0.15) is 23.5 Å². The predicted molar refractivity (Wildman–Crippen MR) is 88.1 cm³/mol. The summed E-state index contributed by atoms with van der Waals surface area (Å²) in [4.78, 5) is 0. The average Bonchev–Trinajstić information content (AvgIpc) is 2.92. The summed E-state index contributed by atoms with van der Waals surface area (Å²) in [5.74, 6) is 3.44. The Morgan fingerprint density at radius 1 is 1.35 bits per heavy atom. The molecule has 2 heterocycles. The lowest BCUT2D eigenvalue weighted by Gasteiger charge is -2.31. The molecule has 2 aliphatic rings. The largest absolute Gasteiger partial charge is 0.493 e. The van der Waals surface area contributed by atoms with Crippen LogP contribution in [-0.2, 0) is 12.8 Å². The summed E-state index contributed by atoms with van der Waals surface area (Å²) < 4.78 is 5.53. The monoisotopic (exact) mass is 310 g/mol. The van der Waals surface area contributed by atoms with Crippen LogP contribution in [0.4, 0.5) is 0 Å². The van der Waals surface area contributed by atoms with Gasteiger partial charge in [0.2, 0.25) is 0 Å². The normalized spacial score (nSPS) is 26.9. The molecule has 110 valence electrons. The van der Waals surface area contributed by atoms with Crippen LogP contribution in [-0.4, -0.2) is 39.8 Å². The van der Waals surface area contributed by atoms with Crippen molar-refractivity contribution >= 4 is 23.5 Å². The van der Waals surface area contributed by atoms with Gasteiger partial charge in [-0.05, 0) is 30.0 Å². The van der Waals surface area contributed by atoms with Crippen molar-refractivity contribution in [1.29, 1.82) is 0 Å². The lowest BCUT2D eigenvalue weighted by Crippen LogP contribution is -2.34. The smallest absolute Gasteiger partial charge is 0.122 e. The summed E-state index contributed by atoms with van der Waals surface area (Å²) in [5, 5.41) is 11.4. The van der Waals surface area contributed by atoms with Crippen molar-refractivity contribution < 1.29 is 9.84 Å². The van der Waals surface area contributed by atoms with Crippen molar-refractivity contribution in [2.75, 3.05) is 18.1 Å². The average molecular weight is 310 g/mol. The molecule has 0 bridgehead atoms. The molecule has 1 fully saturated rings. The Morgan fingerprint density at radius 3 is 3.05 bits per heavy atom. The Labute approximate surface area is 129 Å². The number of hydrogen-bond donors (Lipinski definition) is 1. The molecule has 0 aliphatic carbocycles. The van der Waals surface area contributed by atoms with Crippen LogP contribution in [0.1, 0.15) is 24.5 Å². The molecule has 1 aromatic rings. The summed E-state index contributed by atoms with van der Waals surface area (Å²) in [6.45, 7) is 3.06. The minimum absolute atomic E-state index is 0.188. The highest BCUT2D eigenvalue weighted by Gasteiger charge is 2.28. The van der Waals surface area contributed by atoms with E-state index in [1.165, 1.54) is 22.6 Å². The van der Waals surface area contributed by atoms with E-state index in [9.17, 15) is 5.11 Å². The molecule has 1 saturated heterocycles. The van der Waals surface area contributed by atoms with Crippen LogP contribution in [0.15, 0.2) is 18.2 Å². The molecule has 3 rings (SSSR count). The molecule has 0 amide bonds. The Balaban J connectivity index is 1.56. The van der Waals surface area contributed by atoms with Crippen molar-refractivity contribution in [2.24, 2.45) is 0 Å². The predicted octanol–water partition coefficient (Wildman–Crippen LogP) is 3.15. The van der Waals surface area contributed by atoms with Gasteiger partial charge >= 0.3 is 0 Å². The fourth-order valence-corrected chi connectivity index (χ4v) is 5.83. The number of hydrogen-bond acceptors (Lipinski definition) is 4. The van der Waals surface area contributed by atoms with Gasteiger partial charge in [0.25, 0.3) is 0 Å². The third-order valence-corrected chi connectivity index (χ3v) is 7.34. The lowest BCUT2D eigenvalue weighted by molar-refractivity contribution is 0.161. The van der Waals surface area contributed by atoms with Crippen LogP contribution in [0.5, 0.6) is 5.75 Å². The SMILES string of the molecule is CC1SCCSC1C(O)CCc1ccc2c(c1)CCO2. The zero-order valence-corrected chi connectivity index (χ0v) is 13.5. The first-order valence-electron chi connectivity index (χ1n) is 7.40. The zero-order chi connectivity index (χ0) is 13.9. The summed E-state index contributed by atoms with van der Waals surface area (Å²) in [5.41, 5.74) is 2.65. The highest BCUT2D eigenvalue weighted by Crippen LogP contribution is 2.34. The van der Waals surface area contributed by atoms with Gasteiger partial charge in [0.1, 0.15) is 5.75 Å². The molecule has 3 unspecified atom stereocenters. The van der Waals surface area contributed by atoms with Gasteiger partial charge in [-0.1, -0.05) is 19.1 Å². The summed E-state index contributed by atoms with van der Waals surface area (Å²) in [7, 11) is 0. The van der Waals surface area contributed by atoms with E-state index in [1.54, 1.807) is 0 Å².